The normalized spacial score (nSPS) is 23.4. The van der Waals surface area contributed by atoms with E-state index < -0.39 is 0 Å². The van der Waals surface area contributed by atoms with E-state index in [1.807, 2.05) is 11.8 Å². The Kier molecular flexibility index (Phi) is 4.21. The monoisotopic (exact) mass is 308 g/mol. The van der Waals surface area contributed by atoms with Gasteiger partial charge in [0.15, 0.2) is 0 Å². The zero-order valence-electron chi connectivity index (χ0n) is 12.2. The Morgan fingerprint density at radius 1 is 1.43 bits per heavy atom. The van der Waals surface area contributed by atoms with Crippen LogP contribution in [0.25, 0.3) is 0 Å². The van der Waals surface area contributed by atoms with Gasteiger partial charge in [0.05, 0.1) is 10.7 Å². The van der Waals surface area contributed by atoms with Crippen molar-refractivity contribution in [3.8, 4) is 0 Å². The Morgan fingerprint density at radius 2 is 2.19 bits per heavy atom. The largest absolute Gasteiger partial charge is 0.344 e. The minimum atomic E-state index is -0.301. The van der Waals surface area contributed by atoms with Gasteiger partial charge in [-0.25, -0.2) is 4.98 Å². The average Bonchev–Trinajstić information content (AvgIpc) is 3.08. The highest BCUT2D eigenvalue weighted by molar-refractivity contribution is 7.09. The molecule has 6 nitrogen and oxygen atoms in total. The Balaban J connectivity index is 1.48. The number of piperazine rings is 1. The maximum absolute atomic E-state index is 12.3. The number of aryl methyl sites for hydroxylation is 1. The molecule has 0 spiro atoms. The quantitative estimate of drug-likeness (QED) is 0.876. The molecule has 3 rings (SSSR count). The van der Waals surface area contributed by atoms with Crippen LogP contribution < -0.4 is 5.32 Å². The standard InChI is InChI=1S/C14H20N4O2S/c1-10-15-11(9-21-10)8-17-4-6-18(7-5-17)14(20)12-2-3-13(19)16-12/h9,12H,2-8H2,1H3,(H,16,19). The highest BCUT2D eigenvalue weighted by atomic mass is 32.1. The molecule has 2 fully saturated rings. The third-order valence-electron chi connectivity index (χ3n) is 4.03. The Hall–Kier alpha value is -1.47. The summed E-state index contributed by atoms with van der Waals surface area (Å²) in [6.45, 7) is 6.06. The molecule has 0 aliphatic carbocycles. The highest BCUT2D eigenvalue weighted by Crippen LogP contribution is 2.14. The van der Waals surface area contributed by atoms with Gasteiger partial charge in [0.1, 0.15) is 6.04 Å². The lowest BCUT2D eigenvalue weighted by Crippen LogP contribution is -2.53. The maximum Gasteiger partial charge on any atom is 0.245 e. The van der Waals surface area contributed by atoms with Crippen LogP contribution >= 0.6 is 11.3 Å². The van der Waals surface area contributed by atoms with Crippen LogP contribution in [0.3, 0.4) is 0 Å². The topological polar surface area (TPSA) is 65.5 Å². The van der Waals surface area contributed by atoms with E-state index in [2.05, 4.69) is 20.6 Å². The fourth-order valence-corrected chi connectivity index (χ4v) is 3.46. The summed E-state index contributed by atoms with van der Waals surface area (Å²) in [6.07, 6.45) is 1.11. The zero-order valence-corrected chi connectivity index (χ0v) is 13.0. The summed E-state index contributed by atoms with van der Waals surface area (Å²) in [6, 6.07) is -0.301. The van der Waals surface area contributed by atoms with E-state index in [4.69, 9.17) is 0 Å². The highest BCUT2D eigenvalue weighted by Gasteiger charge is 2.32. The van der Waals surface area contributed by atoms with Crippen molar-refractivity contribution < 1.29 is 9.59 Å². The summed E-state index contributed by atoms with van der Waals surface area (Å²) < 4.78 is 0. The van der Waals surface area contributed by atoms with Crippen molar-refractivity contribution in [1.29, 1.82) is 0 Å². The Morgan fingerprint density at radius 3 is 2.76 bits per heavy atom. The second kappa shape index (κ2) is 6.11. The SMILES string of the molecule is Cc1nc(CN2CCN(C(=O)C3CCC(=O)N3)CC2)cs1. The first kappa shape index (κ1) is 14.5. The Bertz CT molecular complexity index is 537. The number of aromatic nitrogens is 1. The number of thiazole rings is 1. The predicted molar refractivity (Wildman–Crippen MR) is 79.9 cm³/mol. The molecule has 2 aliphatic rings. The summed E-state index contributed by atoms with van der Waals surface area (Å²) in [5.41, 5.74) is 1.11. The minimum absolute atomic E-state index is 0.00844. The minimum Gasteiger partial charge on any atom is -0.344 e. The number of rotatable bonds is 3. The van der Waals surface area contributed by atoms with Crippen LogP contribution in [0.4, 0.5) is 0 Å². The van der Waals surface area contributed by atoms with Gasteiger partial charge in [-0.3, -0.25) is 14.5 Å². The van der Waals surface area contributed by atoms with E-state index in [1.165, 1.54) is 0 Å². The van der Waals surface area contributed by atoms with Gasteiger partial charge in [-0.2, -0.15) is 0 Å². The maximum atomic E-state index is 12.3. The third kappa shape index (κ3) is 3.41. The summed E-state index contributed by atoms with van der Waals surface area (Å²) >= 11 is 1.67. The van der Waals surface area contributed by atoms with Crippen LogP contribution in [0.5, 0.6) is 0 Å². The molecule has 0 bridgehead atoms. The number of amides is 2. The van der Waals surface area contributed by atoms with E-state index in [9.17, 15) is 9.59 Å². The molecule has 1 atom stereocenters. The van der Waals surface area contributed by atoms with Gasteiger partial charge in [0.2, 0.25) is 11.8 Å². The van der Waals surface area contributed by atoms with E-state index in [1.54, 1.807) is 11.3 Å². The number of nitrogens with zero attached hydrogens (tertiary/aromatic N) is 3. The first-order valence-electron chi connectivity index (χ1n) is 7.33. The Labute approximate surface area is 128 Å². The second-order valence-corrected chi connectivity index (χ2v) is 6.68. The van der Waals surface area contributed by atoms with Crippen molar-refractivity contribution in [2.45, 2.75) is 32.4 Å². The molecule has 2 amide bonds. The van der Waals surface area contributed by atoms with Gasteiger partial charge in [0, 0.05) is 44.5 Å². The fourth-order valence-electron chi connectivity index (χ4n) is 2.86. The van der Waals surface area contributed by atoms with Gasteiger partial charge in [0.25, 0.3) is 0 Å². The van der Waals surface area contributed by atoms with Gasteiger partial charge in [-0.05, 0) is 13.3 Å². The molecular weight excluding hydrogens is 288 g/mol. The first-order valence-corrected chi connectivity index (χ1v) is 8.21. The van der Waals surface area contributed by atoms with Gasteiger partial charge in [-0.1, -0.05) is 0 Å². The van der Waals surface area contributed by atoms with Crippen molar-refractivity contribution >= 4 is 23.2 Å². The molecule has 1 unspecified atom stereocenters. The van der Waals surface area contributed by atoms with Gasteiger partial charge < -0.3 is 10.2 Å². The molecule has 0 saturated carbocycles. The average molecular weight is 308 g/mol. The number of carbonyl (C=O) groups excluding carboxylic acids is 2. The first-order chi connectivity index (χ1) is 10.1. The molecule has 0 aromatic carbocycles. The van der Waals surface area contributed by atoms with Crippen LogP contribution in [0.2, 0.25) is 0 Å². The molecule has 7 heteroatoms. The number of hydrogen-bond acceptors (Lipinski definition) is 5. The lowest BCUT2D eigenvalue weighted by atomic mass is 10.2. The van der Waals surface area contributed by atoms with Crippen LogP contribution in [0, 0.1) is 6.92 Å². The lowest BCUT2D eigenvalue weighted by molar-refractivity contribution is -0.136. The summed E-state index contributed by atoms with van der Waals surface area (Å²) in [5.74, 6) is 0.0656. The number of hydrogen-bond donors (Lipinski definition) is 1. The van der Waals surface area contributed by atoms with Crippen LogP contribution in [-0.4, -0.2) is 58.8 Å². The third-order valence-corrected chi connectivity index (χ3v) is 4.85. The van der Waals surface area contributed by atoms with Crippen molar-refractivity contribution in [3.05, 3.63) is 16.1 Å². The smallest absolute Gasteiger partial charge is 0.245 e. The zero-order chi connectivity index (χ0) is 14.8. The molecular formula is C14H20N4O2S. The van der Waals surface area contributed by atoms with Crippen molar-refractivity contribution in [1.82, 2.24) is 20.1 Å². The van der Waals surface area contributed by atoms with Crippen LogP contribution in [-0.2, 0) is 16.1 Å². The van der Waals surface area contributed by atoms with E-state index in [0.717, 1.165) is 43.4 Å². The fraction of sp³-hybridized carbons (Fsp3) is 0.643. The second-order valence-electron chi connectivity index (χ2n) is 5.62. The van der Waals surface area contributed by atoms with E-state index in [0.29, 0.717) is 12.8 Å². The lowest BCUT2D eigenvalue weighted by Gasteiger charge is -2.35. The molecule has 2 saturated heterocycles. The molecule has 1 N–H and O–H groups in total. The van der Waals surface area contributed by atoms with Crippen molar-refractivity contribution in [2.24, 2.45) is 0 Å². The number of nitrogens with one attached hydrogen (secondary N) is 1. The molecule has 3 heterocycles. The van der Waals surface area contributed by atoms with Gasteiger partial charge >= 0.3 is 0 Å². The molecule has 1 aromatic heterocycles. The molecule has 114 valence electrons. The molecule has 2 aliphatic heterocycles. The summed E-state index contributed by atoms with van der Waals surface area (Å²) in [5, 5.41) is 5.94. The molecule has 0 radical (unpaired) electrons. The van der Waals surface area contributed by atoms with Gasteiger partial charge in [-0.15, -0.1) is 11.3 Å². The molecule has 21 heavy (non-hydrogen) atoms. The molecule has 1 aromatic rings. The predicted octanol–water partition coefficient (Wildman–Crippen LogP) is 0.374. The van der Waals surface area contributed by atoms with Crippen LogP contribution in [0.15, 0.2) is 5.38 Å². The van der Waals surface area contributed by atoms with Crippen molar-refractivity contribution in [2.75, 3.05) is 26.2 Å². The van der Waals surface area contributed by atoms with E-state index >= 15 is 0 Å². The van der Waals surface area contributed by atoms with E-state index in [-0.39, 0.29) is 17.9 Å². The summed E-state index contributed by atoms with van der Waals surface area (Å²) in [4.78, 5) is 32.2. The van der Waals surface area contributed by atoms with Crippen molar-refractivity contribution in [3.63, 3.8) is 0 Å². The van der Waals surface area contributed by atoms with Crippen LogP contribution in [0.1, 0.15) is 23.5 Å². The number of carbonyl (C=O) groups is 2. The summed E-state index contributed by atoms with van der Waals surface area (Å²) in [7, 11) is 0.